The van der Waals surface area contributed by atoms with E-state index in [0.717, 1.165) is 0 Å². The topological polar surface area (TPSA) is 224 Å². The number of ketones is 1. The summed E-state index contributed by atoms with van der Waals surface area (Å²) in [6.07, 6.45) is -10.5. The first-order valence-electron chi connectivity index (χ1n) is 20.8. The molecular weight excluding hydrogens is 778 g/mol. The minimum absolute atomic E-state index is 0.0943. The molecule has 15 nitrogen and oxygen atoms in total. The summed E-state index contributed by atoms with van der Waals surface area (Å²) in [6, 6.07) is 15.1. The number of carbonyl (C=O) groups is 5. The first kappa shape index (κ1) is 45.1. The van der Waals surface area contributed by atoms with Gasteiger partial charge in [-0.3, -0.25) is 4.79 Å². The van der Waals surface area contributed by atoms with Gasteiger partial charge >= 0.3 is 24.0 Å². The van der Waals surface area contributed by atoms with Crippen molar-refractivity contribution < 1.29 is 68.1 Å². The predicted molar refractivity (Wildman–Crippen MR) is 213 cm³/mol. The van der Waals surface area contributed by atoms with Crippen molar-refractivity contribution in [2.45, 2.75) is 140 Å². The average molecular weight is 838 g/mol. The van der Waals surface area contributed by atoms with E-state index in [0.29, 0.717) is 5.56 Å². The molecule has 1 amide bonds. The summed E-state index contributed by atoms with van der Waals surface area (Å²) >= 11 is 0. The second kappa shape index (κ2) is 17.9. The standard InChI is InChI=1S/C45H59NO14/c1-24(47)14-13-19-33(49)58-37(35(26-15-9-7-10-16-26)46-42(54)60-43(3,4)5)41(53)57-31-22-45(55)21-28(25(31)2)36(50)38(51)44(6)32(48)20-30-29(23-56-30)34(44)39(45)59-40(52)27-17-11-8-12-18-27/h7-12,15-18,25,28-32,34-39,48,50-51,55H,13-14,19-23H2,1-6H3,(H,46,54)/t25?,28?,29-,30-,31+,32+,34+,35+,36-,37-,38-,39+,44-,45-/m1/s1. The van der Waals surface area contributed by atoms with Crippen molar-refractivity contribution >= 4 is 29.8 Å². The maximum Gasteiger partial charge on any atom is 0.408 e. The van der Waals surface area contributed by atoms with Crippen LogP contribution in [0.4, 0.5) is 4.79 Å². The molecule has 1 heterocycles. The Labute approximate surface area is 350 Å². The summed E-state index contributed by atoms with van der Waals surface area (Å²) in [7, 11) is 0. The number of esters is 3. The van der Waals surface area contributed by atoms with Crippen molar-refractivity contribution in [1.82, 2.24) is 5.32 Å². The third kappa shape index (κ3) is 9.40. The lowest BCUT2D eigenvalue weighted by molar-refractivity contribution is -0.310. The van der Waals surface area contributed by atoms with E-state index >= 15 is 0 Å². The highest BCUT2D eigenvalue weighted by atomic mass is 16.6. The summed E-state index contributed by atoms with van der Waals surface area (Å²) in [6.45, 7) is 9.88. The molecule has 60 heavy (non-hydrogen) atoms. The van der Waals surface area contributed by atoms with Crippen LogP contribution in [-0.4, -0.2) is 111 Å². The van der Waals surface area contributed by atoms with Gasteiger partial charge in [0, 0.05) is 42.9 Å². The number of aliphatic hydroxyl groups excluding tert-OH is 3. The van der Waals surface area contributed by atoms with Crippen LogP contribution in [0.2, 0.25) is 0 Å². The first-order valence-corrected chi connectivity index (χ1v) is 20.8. The molecule has 1 aliphatic heterocycles. The number of Topliss-reactive ketones (excluding diaryl/α,β-unsaturated/α-hetero) is 1. The zero-order valence-corrected chi connectivity index (χ0v) is 35.0. The van der Waals surface area contributed by atoms with Gasteiger partial charge in [-0.1, -0.05) is 62.4 Å². The fourth-order valence-electron chi connectivity index (χ4n) is 9.78. The molecule has 0 spiro atoms. The number of benzene rings is 2. The molecule has 3 aliphatic carbocycles. The van der Waals surface area contributed by atoms with Gasteiger partial charge in [0.1, 0.15) is 35.2 Å². The lowest BCUT2D eigenvalue weighted by Crippen LogP contribution is -2.74. The van der Waals surface area contributed by atoms with Crippen LogP contribution in [0.15, 0.2) is 60.7 Å². The summed E-state index contributed by atoms with van der Waals surface area (Å²) in [5, 5.41) is 51.5. The molecule has 14 atom stereocenters. The SMILES string of the molecule is CC(=O)CCCC(=O)O[C@@H](C(=O)O[C@H]1C[C@]2(O)CC(C1C)[C@@H](O)[C@@H](O)[C@@]1(C)[C@@H]([C@@H]3CO[C@@H]3C[C@@H]1O)[C@@H]2OC(=O)c1ccccc1)[C@@H](NC(=O)OC(C)(C)C)c1ccccc1. The fourth-order valence-corrected chi connectivity index (χ4v) is 9.78. The van der Waals surface area contributed by atoms with Gasteiger partial charge in [-0.2, -0.15) is 0 Å². The second-order valence-corrected chi connectivity index (χ2v) is 18.3. The number of hydrogen-bond acceptors (Lipinski definition) is 14. The summed E-state index contributed by atoms with van der Waals surface area (Å²) in [5.74, 6) is -5.87. The number of aliphatic hydroxyl groups is 4. The maximum atomic E-state index is 14.7. The Morgan fingerprint density at radius 2 is 1.57 bits per heavy atom. The normalized spacial score (nSPS) is 34.4. The largest absolute Gasteiger partial charge is 0.459 e. The summed E-state index contributed by atoms with van der Waals surface area (Å²) in [5.41, 5.74) is -3.84. The average Bonchev–Trinajstić information content (AvgIpc) is 3.18. The minimum atomic E-state index is -2.00. The monoisotopic (exact) mass is 837 g/mol. The van der Waals surface area contributed by atoms with Crippen LogP contribution in [0.1, 0.15) is 102 Å². The van der Waals surface area contributed by atoms with Gasteiger partial charge in [0.05, 0.1) is 36.6 Å². The van der Waals surface area contributed by atoms with Crippen LogP contribution in [0.5, 0.6) is 0 Å². The van der Waals surface area contributed by atoms with Crippen molar-refractivity contribution in [3.05, 3.63) is 71.8 Å². The Hall–Kier alpha value is -4.41. The van der Waals surface area contributed by atoms with Crippen molar-refractivity contribution in [2.75, 3.05) is 6.61 Å². The Morgan fingerprint density at radius 3 is 2.17 bits per heavy atom. The molecule has 3 saturated carbocycles. The van der Waals surface area contributed by atoms with Gasteiger partial charge < -0.3 is 54.2 Å². The number of ether oxygens (including phenoxy) is 5. The molecule has 6 rings (SSSR count). The second-order valence-electron chi connectivity index (χ2n) is 18.3. The highest BCUT2D eigenvalue weighted by molar-refractivity contribution is 5.89. The van der Waals surface area contributed by atoms with Crippen molar-refractivity contribution in [3.8, 4) is 0 Å². The minimum Gasteiger partial charge on any atom is -0.459 e. The van der Waals surface area contributed by atoms with Crippen molar-refractivity contribution in [3.63, 3.8) is 0 Å². The third-order valence-corrected chi connectivity index (χ3v) is 13.0. The van der Waals surface area contributed by atoms with Crippen LogP contribution in [0, 0.1) is 29.1 Å². The quantitative estimate of drug-likeness (QED) is 0.151. The highest BCUT2D eigenvalue weighted by Gasteiger charge is 2.69. The van der Waals surface area contributed by atoms with E-state index in [1.165, 1.54) is 6.92 Å². The molecule has 5 N–H and O–H groups in total. The van der Waals surface area contributed by atoms with E-state index < -0.39 is 107 Å². The Balaban J connectivity index is 1.39. The molecular formula is C45H59NO14. The number of amides is 1. The number of hydrogen-bond donors (Lipinski definition) is 5. The molecule has 4 fully saturated rings. The van der Waals surface area contributed by atoms with Crippen LogP contribution in [0.3, 0.4) is 0 Å². The van der Waals surface area contributed by atoms with Gasteiger partial charge in [-0.25, -0.2) is 14.4 Å². The molecule has 2 bridgehead atoms. The molecule has 15 heteroatoms. The van der Waals surface area contributed by atoms with E-state index in [9.17, 15) is 44.4 Å². The Kier molecular flexibility index (Phi) is 13.5. The van der Waals surface area contributed by atoms with Gasteiger partial charge in [-0.05, 0) is 70.1 Å². The van der Waals surface area contributed by atoms with E-state index in [1.54, 1.807) is 95.3 Å². The maximum absolute atomic E-state index is 14.7. The Morgan fingerprint density at radius 1 is 0.917 bits per heavy atom. The van der Waals surface area contributed by atoms with Crippen LogP contribution in [0.25, 0.3) is 0 Å². The number of carbonyl (C=O) groups excluding carboxylic acids is 5. The van der Waals surface area contributed by atoms with E-state index in [1.807, 2.05) is 0 Å². The number of alkyl carbamates (subject to hydrolysis) is 1. The predicted octanol–water partition coefficient (Wildman–Crippen LogP) is 3.98. The molecule has 2 aromatic carbocycles. The number of fused-ring (bicyclic) bond motifs is 5. The molecule has 0 aromatic heterocycles. The van der Waals surface area contributed by atoms with Gasteiger partial charge in [-0.15, -0.1) is 0 Å². The van der Waals surface area contributed by atoms with Gasteiger partial charge in [0.2, 0.25) is 6.10 Å². The molecule has 1 saturated heterocycles. The Bertz CT molecular complexity index is 1870. The summed E-state index contributed by atoms with van der Waals surface area (Å²) < 4.78 is 29.7. The van der Waals surface area contributed by atoms with Crippen molar-refractivity contribution in [2.24, 2.45) is 29.1 Å². The van der Waals surface area contributed by atoms with Crippen LogP contribution < -0.4 is 5.32 Å². The molecule has 2 unspecified atom stereocenters. The number of rotatable bonds is 12. The molecule has 328 valence electrons. The lowest BCUT2D eigenvalue weighted by Gasteiger charge is -2.64. The van der Waals surface area contributed by atoms with E-state index in [2.05, 4.69) is 5.32 Å². The number of nitrogens with one attached hydrogen (secondary N) is 1. The summed E-state index contributed by atoms with van der Waals surface area (Å²) in [4.78, 5) is 66.9. The third-order valence-electron chi connectivity index (χ3n) is 13.0. The smallest absolute Gasteiger partial charge is 0.408 e. The fraction of sp³-hybridized carbons (Fsp3) is 0.622. The van der Waals surface area contributed by atoms with Gasteiger partial charge in [0.25, 0.3) is 0 Å². The van der Waals surface area contributed by atoms with Crippen LogP contribution in [-0.2, 0) is 38.1 Å². The van der Waals surface area contributed by atoms with Gasteiger partial charge in [0.15, 0.2) is 0 Å². The lowest BCUT2D eigenvalue weighted by atomic mass is 9.48. The zero-order chi connectivity index (χ0) is 43.7. The highest BCUT2D eigenvalue weighted by Crippen LogP contribution is 2.60. The van der Waals surface area contributed by atoms with Crippen LogP contribution >= 0.6 is 0 Å². The van der Waals surface area contributed by atoms with Crippen molar-refractivity contribution in [1.29, 1.82) is 0 Å². The first-order chi connectivity index (χ1) is 28.2. The zero-order valence-electron chi connectivity index (χ0n) is 35.0. The molecule has 0 radical (unpaired) electrons. The molecule has 4 aliphatic rings. The molecule has 2 aromatic rings. The van der Waals surface area contributed by atoms with E-state index in [-0.39, 0.29) is 62.4 Å². The van der Waals surface area contributed by atoms with E-state index in [4.69, 9.17) is 23.7 Å².